The Bertz CT molecular complexity index is 405. The van der Waals surface area contributed by atoms with Crippen molar-refractivity contribution in [2.24, 2.45) is 0 Å². The summed E-state index contributed by atoms with van der Waals surface area (Å²) in [5.74, 6) is 1.05. The van der Waals surface area contributed by atoms with Gasteiger partial charge in [-0.15, -0.1) is 0 Å². The van der Waals surface area contributed by atoms with Crippen molar-refractivity contribution in [1.29, 1.82) is 0 Å². The normalized spacial score (nSPS) is 14.7. The predicted molar refractivity (Wildman–Crippen MR) is 66.7 cm³/mol. The van der Waals surface area contributed by atoms with Crippen LogP contribution in [0.2, 0.25) is 0 Å². The van der Waals surface area contributed by atoms with Gasteiger partial charge in [-0.1, -0.05) is 0 Å². The summed E-state index contributed by atoms with van der Waals surface area (Å²) in [4.78, 5) is 0. The van der Waals surface area contributed by atoms with Crippen LogP contribution in [0.25, 0.3) is 0 Å². The van der Waals surface area contributed by atoms with Crippen LogP contribution in [-0.4, -0.2) is 6.04 Å². The Morgan fingerprint density at radius 3 is 2.76 bits per heavy atom. The summed E-state index contributed by atoms with van der Waals surface area (Å²) in [5.41, 5.74) is 1.19. The molecule has 0 bridgehead atoms. The van der Waals surface area contributed by atoms with E-state index in [1.165, 1.54) is 5.56 Å². The molecule has 0 spiro atoms. The van der Waals surface area contributed by atoms with E-state index in [1.807, 2.05) is 18.2 Å². The molecule has 2 aromatic heterocycles. The Kier molecular flexibility index (Phi) is 4.04. The maximum absolute atomic E-state index is 5.32. The van der Waals surface area contributed by atoms with Crippen molar-refractivity contribution in [2.45, 2.75) is 38.8 Å². The van der Waals surface area contributed by atoms with Gasteiger partial charge >= 0.3 is 0 Å². The van der Waals surface area contributed by atoms with Gasteiger partial charge < -0.3 is 14.2 Å². The molecule has 92 valence electrons. The molecule has 0 aromatic carbocycles. The Hall–Kier alpha value is -1.48. The van der Waals surface area contributed by atoms with Gasteiger partial charge in [0.1, 0.15) is 5.76 Å². The van der Waals surface area contributed by atoms with E-state index in [0.717, 1.165) is 18.6 Å². The topological polar surface area (TPSA) is 38.3 Å². The average molecular weight is 233 g/mol. The van der Waals surface area contributed by atoms with E-state index in [-0.39, 0.29) is 0 Å². The second kappa shape index (κ2) is 5.73. The lowest BCUT2D eigenvalue weighted by Crippen LogP contribution is -2.29. The minimum Gasteiger partial charge on any atom is -0.472 e. The molecule has 3 nitrogen and oxygen atoms in total. The summed E-state index contributed by atoms with van der Waals surface area (Å²) in [6.07, 6.45) is 7.26. The highest BCUT2D eigenvalue weighted by molar-refractivity contribution is 5.10. The smallest absolute Gasteiger partial charge is 0.103 e. The molecule has 2 heterocycles. The zero-order valence-electron chi connectivity index (χ0n) is 10.3. The summed E-state index contributed by atoms with van der Waals surface area (Å²) in [6, 6.07) is 6.72. The van der Waals surface area contributed by atoms with Crippen molar-refractivity contribution in [2.75, 3.05) is 0 Å². The minimum atomic E-state index is 0.320. The van der Waals surface area contributed by atoms with E-state index in [0.29, 0.717) is 12.1 Å². The Balaban J connectivity index is 1.75. The fourth-order valence-corrected chi connectivity index (χ4v) is 1.94. The molecule has 2 atom stereocenters. The molecule has 1 N–H and O–H groups in total. The largest absolute Gasteiger partial charge is 0.472 e. The first kappa shape index (κ1) is 12.0. The first-order chi connectivity index (χ1) is 8.25. The molecule has 0 radical (unpaired) electrons. The molecule has 2 aromatic rings. The molecule has 0 fully saturated rings. The molecule has 0 saturated carbocycles. The van der Waals surface area contributed by atoms with E-state index in [4.69, 9.17) is 8.83 Å². The van der Waals surface area contributed by atoms with Crippen LogP contribution in [0.4, 0.5) is 0 Å². The van der Waals surface area contributed by atoms with Crippen LogP contribution in [0.5, 0.6) is 0 Å². The second-order valence-corrected chi connectivity index (χ2v) is 4.46. The van der Waals surface area contributed by atoms with Crippen LogP contribution in [0, 0.1) is 0 Å². The van der Waals surface area contributed by atoms with E-state index >= 15 is 0 Å². The fourth-order valence-electron chi connectivity index (χ4n) is 1.94. The molecule has 0 saturated heterocycles. The number of hydrogen-bond donors (Lipinski definition) is 1. The lowest BCUT2D eigenvalue weighted by molar-refractivity contribution is 0.428. The minimum absolute atomic E-state index is 0.320. The lowest BCUT2D eigenvalue weighted by atomic mass is 10.1. The predicted octanol–water partition coefficient (Wildman–Crippen LogP) is 3.54. The molecule has 0 aliphatic carbocycles. The monoisotopic (exact) mass is 233 g/mol. The van der Waals surface area contributed by atoms with Gasteiger partial charge in [0, 0.05) is 24.1 Å². The molecular weight excluding hydrogens is 214 g/mol. The molecule has 3 heteroatoms. The molecule has 0 aliphatic rings. The molecule has 0 amide bonds. The summed E-state index contributed by atoms with van der Waals surface area (Å²) < 4.78 is 10.4. The number of aryl methyl sites for hydroxylation is 1. The van der Waals surface area contributed by atoms with Gasteiger partial charge in [-0.2, -0.15) is 0 Å². The molecule has 2 unspecified atom stereocenters. The van der Waals surface area contributed by atoms with Crippen molar-refractivity contribution in [3.8, 4) is 0 Å². The van der Waals surface area contributed by atoms with E-state index in [9.17, 15) is 0 Å². The Morgan fingerprint density at radius 1 is 1.24 bits per heavy atom. The van der Waals surface area contributed by atoms with Crippen molar-refractivity contribution >= 4 is 0 Å². The molecule has 17 heavy (non-hydrogen) atoms. The third kappa shape index (κ3) is 3.49. The van der Waals surface area contributed by atoms with Crippen LogP contribution in [0.3, 0.4) is 0 Å². The highest BCUT2D eigenvalue weighted by Gasteiger charge is 2.10. The number of nitrogens with one attached hydrogen (secondary N) is 1. The first-order valence-corrected chi connectivity index (χ1v) is 6.06. The van der Waals surface area contributed by atoms with E-state index < -0.39 is 0 Å². The van der Waals surface area contributed by atoms with E-state index in [2.05, 4.69) is 19.2 Å². The molecule has 0 aliphatic heterocycles. The number of furan rings is 2. The zero-order valence-corrected chi connectivity index (χ0v) is 10.3. The van der Waals surface area contributed by atoms with Crippen molar-refractivity contribution in [1.82, 2.24) is 5.32 Å². The van der Waals surface area contributed by atoms with Gasteiger partial charge in [0.2, 0.25) is 0 Å². The highest BCUT2D eigenvalue weighted by Crippen LogP contribution is 2.14. The van der Waals surface area contributed by atoms with Crippen LogP contribution >= 0.6 is 0 Å². The number of hydrogen-bond acceptors (Lipinski definition) is 3. The number of rotatable bonds is 6. The third-order valence-electron chi connectivity index (χ3n) is 2.98. The zero-order chi connectivity index (χ0) is 12.1. The summed E-state index contributed by atoms with van der Waals surface area (Å²) in [6.45, 7) is 4.34. The van der Waals surface area contributed by atoms with Crippen molar-refractivity contribution in [3.63, 3.8) is 0 Å². The van der Waals surface area contributed by atoms with Gasteiger partial charge in [-0.3, -0.25) is 0 Å². The quantitative estimate of drug-likeness (QED) is 0.829. The Labute approximate surface area is 102 Å². The van der Waals surface area contributed by atoms with E-state index in [1.54, 1.807) is 18.8 Å². The van der Waals surface area contributed by atoms with Gasteiger partial charge in [-0.25, -0.2) is 0 Å². The van der Waals surface area contributed by atoms with Crippen LogP contribution in [-0.2, 0) is 6.42 Å². The van der Waals surface area contributed by atoms with Crippen LogP contribution < -0.4 is 5.32 Å². The van der Waals surface area contributed by atoms with Gasteiger partial charge in [0.25, 0.3) is 0 Å². The van der Waals surface area contributed by atoms with Gasteiger partial charge in [-0.05, 0) is 38.5 Å². The first-order valence-electron chi connectivity index (χ1n) is 6.06. The highest BCUT2D eigenvalue weighted by atomic mass is 16.3. The summed E-state index contributed by atoms with van der Waals surface area (Å²) in [5, 5.41) is 3.54. The third-order valence-corrected chi connectivity index (χ3v) is 2.98. The van der Waals surface area contributed by atoms with Crippen LogP contribution in [0.1, 0.15) is 37.6 Å². The maximum atomic E-state index is 5.32. The van der Waals surface area contributed by atoms with Crippen LogP contribution in [0.15, 0.2) is 45.8 Å². The second-order valence-electron chi connectivity index (χ2n) is 4.46. The standard InChI is InChI=1S/C14H19NO2/c1-11(5-6-14-4-3-8-17-14)15-12(2)13-7-9-16-10-13/h3-4,7-12,15H,5-6H2,1-2H3. The van der Waals surface area contributed by atoms with Gasteiger partial charge in [0.05, 0.1) is 18.8 Å². The van der Waals surface area contributed by atoms with Gasteiger partial charge in [0.15, 0.2) is 0 Å². The lowest BCUT2D eigenvalue weighted by Gasteiger charge is -2.18. The van der Waals surface area contributed by atoms with Crippen molar-refractivity contribution in [3.05, 3.63) is 48.3 Å². The average Bonchev–Trinajstić information content (AvgIpc) is 2.99. The molecular formula is C14H19NO2. The maximum Gasteiger partial charge on any atom is 0.103 e. The summed E-state index contributed by atoms with van der Waals surface area (Å²) in [7, 11) is 0. The fraction of sp³-hybridized carbons (Fsp3) is 0.429. The Morgan fingerprint density at radius 2 is 2.12 bits per heavy atom. The summed E-state index contributed by atoms with van der Waals surface area (Å²) >= 11 is 0. The molecule has 2 rings (SSSR count). The van der Waals surface area contributed by atoms with Crippen molar-refractivity contribution < 1.29 is 8.83 Å². The SMILES string of the molecule is CC(CCc1ccco1)NC(C)c1ccoc1.